The lowest BCUT2D eigenvalue weighted by atomic mass is 10.1. The molecule has 1 unspecified atom stereocenters. The summed E-state index contributed by atoms with van der Waals surface area (Å²) in [5.41, 5.74) is 1.69. The van der Waals surface area contributed by atoms with Gasteiger partial charge in [-0.25, -0.2) is 0 Å². The molecule has 0 bridgehead atoms. The third-order valence-electron chi connectivity index (χ3n) is 5.13. The summed E-state index contributed by atoms with van der Waals surface area (Å²) in [7, 11) is 0. The molecule has 1 amide bonds. The summed E-state index contributed by atoms with van der Waals surface area (Å²) >= 11 is 6.40. The van der Waals surface area contributed by atoms with Crippen LogP contribution in [-0.2, 0) is 10.3 Å². The predicted molar refractivity (Wildman–Crippen MR) is 116 cm³/mol. The van der Waals surface area contributed by atoms with Crippen LogP contribution in [0.5, 0.6) is 0 Å². The van der Waals surface area contributed by atoms with E-state index in [1.807, 2.05) is 42.1 Å². The smallest absolute Gasteiger partial charge is 0.255 e. The number of hydrogen-bond donors (Lipinski definition) is 1. The van der Waals surface area contributed by atoms with Gasteiger partial charge in [0.1, 0.15) is 5.69 Å². The predicted octanol–water partition coefficient (Wildman–Crippen LogP) is 3.80. The molecular weight excluding hydrogens is 388 g/mol. The Balaban J connectivity index is 1.76. The summed E-state index contributed by atoms with van der Waals surface area (Å²) in [6.45, 7) is 12.6. The van der Waals surface area contributed by atoms with E-state index in [0.717, 1.165) is 44.8 Å². The lowest BCUT2D eigenvalue weighted by Gasteiger charge is -2.27. The van der Waals surface area contributed by atoms with Gasteiger partial charge in [-0.2, -0.15) is 5.10 Å². The van der Waals surface area contributed by atoms with E-state index >= 15 is 0 Å². The second-order valence-electron chi connectivity index (χ2n) is 8.60. The summed E-state index contributed by atoms with van der Waals surface area (Å²) in [6.07, 6.45) is 2.71. The summed E-state index contributed by atoms with van der Waals surface area (Å²) in [6, 6.07) is 7.56. The standard InChI is InChI=1S/C22H31ClN4O2/c1-16(9-10-26-11-13-29-14-12-26)24-21(28)18-15-27(22(2,3)4)25-20(18)17-7-5-6-8-19(17)23/h5-8,15-16H,9-14H2,1-4H3,(H,24,28). The minimum absolute atomic E-state index is 0.0578. The van der Waals surface area contributed by atoms with Crippen molar-refractivity contribution < 1.29 is 9.53 Å². The molecule has 0 radical (unpaired) electrons. The van der Waals surface area contributed by atoms with Crippen LogP contribution in [-0.4, -0.2) is 59.5 Å². The molecule has 1 aromatic heterocycles. The second kappa shape index (κ2) is 9.28. The van der Waals surface area contributed by atoms with Gasteiger partial charge in [0.25, 0.3) is 5.91 Å². The first-order chi connectivity index (χ1) is 13.8. The molecule has 1 aliphatic rings. The number of hydrogen-bond acceptors (Lipinski definition) is 4. The van der Waals surface area contributed by atoms with Gasteiger partial charge in [-0.3, -0.25) is 14.4 Å². The number of rotatable bonds is 6. The number of nitrogens with one attached hydrogen (secondary N) is 1. The maximum atomic E-state index is 13.1. The first-order valence-electron chi connectivity index (χ1n) is 10.2. The monoisotopic (exact) mass is 418 g/mol. The van der Waals surface area contributed by atoms with Gasteiger partial charge in [-0.1, -0.05) is 29.8 Å². The summed E-state index contributed by atoms with van der Waals surface area (Å²) < 4.78 is 7.22. The largest absolute Gasteiger partial charge is 0.379 e. The molecule has 29 heavy (non-hydrogen) atoms. The van der Waals surface area contributed by atoms with Crippen molar-refractivity contribution in [1.82, 2.24) is 20.0 Å². The van der Waals surface area contributed by atoms with E-state index in [9.17, 15) is 4.79 Å². The maximum Gasteiger partial charge on any atom is 0.255 e. The SMILES string of the molecule is CC(CCN1CCOCC1)NC(=O)c1cn(C(C)(C)C)nc1-c1ccccc1Cl. The molecule has 0 spiro atoms. The quantitative estimate of drug-likeness (QED) is 0.775. The van der Waals surface area contributed by atoms with Gasteiger partial charge in [0.05, 0.1) is 29.3 Å². The number of benzene rings is 1. The fraction of sp³-hybridized carbons (Fsp3) is 0.545. The molecule has 158 valence electrons. The van der Waals surface area contributed by atoms with Crippen LogP contribution < -0.4 is 5.32 Å². The van der Waals surface area contributed by atoms with Crippen molar-refractivity contribution in [2.45, 2.75) is 45.7 Å². The van der Waals surface area contributed by atoms with Crippen molar-refractivity contribution in [2.24, 2.45) is 0 Å². The van der Waals surface area contributed by atoms with Crippen molar-refractivity contribution >= 4 is 17.5 Å². The number of nitrogens with zero attached hydrogens (tertiary/aromatic N) is 3. The minimum Gasteiger partial charge on any atom is -0.379 e. The molecule has 2 aromatic rings. The molecule has 3 rings (SSSR count). The van der Waals surface area contributed by atoms with Gasteiger partial charge < -0.3 is 10.1 Å². The molecule has 1 atom stereocenters. The number of carbonyl (C=O) groups excluding carboxylic acids is 1. The number of amides is 1. The van der Waals surface area contributed by atoms with Gasteiger partial charge in [0.15, 0.2) is 0 Å². The molecule has 1 N–H and O–H groups in total. The van der Waals surface area contributed by atoms with Crippen molar-refractivity contribution in [1.29, 1.82) is 0 Å². The molecular formula is C22H31ClN4O2. The molecule has 1 aliphatic heterocycles. The number of aromatic nitrogens is 2. The summed E-state index contributed by atoms with van der Waals surface area (Å²) in [5, 5.41) is 8.43. The Morgan fingerprint density at radius 1 is 1.28 bits per heavy atom. The van der Waals surface area contributed by atoms with E-state index in [4.69, 9.17) is 21.4 Å². The van der Waals surface area contributed by atoms with Crippen molar-refractivity contribution in [2.75, 3.05) is 32.8 Å². The molecule has 0 aliphatic carbocycles. The Labute approximate surface area is 178 Å². The first-order valence-corrected chi connectivity index (χ1v) is 10.6. The van der Waals surface area contributed by atoms with Crippen LogP contribution in [0.25, 0.3) is 11.3 Å². The molecule has 0 saturated carbocycles. The molecule has 1 fully saturated rings. The second-order valence-corrected chi connectivity index (χ2v) is 9.01. The van der Waals surface area contributed by atoms with E-state index in [1.165, 1.54) is 0 Å². The van der Waals surface area contributed by atoms with Crippen LogP contribution in [0.2, 0.25) is 5.02 Å². The van der Waals surface area contributed by atoms with Crippen LogP contribution in [0.15, 0.2) is 30.5 Å². The fourth-order valence-electron chi connectivity index (χ4n) is 3.31. The van der Waals surface area contributed by atoms with Gasteiger partial charge in [-0.15, -0.1) is 0 Å². The lowest BCUT2D eigenvalue weighted by Crippen LogP contribution is -2.40. The highest BCUT2D eigenvalue weighted by Crippen LogP contribution is 2.30. The van der Waals surface area contributed by atoms with Crippen LogP contribution in [0.1, 0.15) is 44.5 Å². The van der Waals surface area contributed by atoms with Crippen LogP contribution in [0.4, 0.5) is 0 Å². The zero-order valence-electron chi connectivity index (χ0n) is 17.7. The van der Waals surface area contributed by atoms with Gasteiger partial charge in [0, 0.05) is 37.4 Å². The number of carbonyl (C=O) groups is 1. The number of morpholine rings is 1. The van der Waals surface area contributed by atoms with Crippen LogP contribution in [0.3, 0.4) is 0 Å². The molecule has 6 nitrogen and oxygen atoms in total. The Morgan fingerprint density at radius 2 is 1.97 bits per heavy atom. The van der Waals surface area contributed by atoms with E-state index in [2.05, 4.69) is 31.0 Å². The molecule has 7 heteroatoms. The van der Waals surface area contributed by atoms with Crippen molar-refractivity contribution in [3.8, 4) is 11.3 Å². The molecule has 1 aromatic carbocycles. The zero-order valence-corrected chi connectivity index (χ0v) is 18.5. The normalized spacial score (nSPS) is 16.6. The van der Waals surface area contributed by atoms with Crippen molar-refractivity contribution in [3.05, 3.63) is 41.0 Å². The zero-order chi connectivity index (χ0) is 21.0. The highest BCUT2D eigenvalue weighted by Gasteiger charge is 2.24. The average Bonchev–Trinajstić information content (AvgIpc) is 3.13. The average molecular weight is 419 g/mol. The Kier molecular flexibility index (Phi) is 6.98. The summed E-state index contributed by atoms with van der Waals surface area (Å²) in [4.78, 5) is 15.5. The molecule has 1 saturated heterocycles. The Hall–Kier alpha value is -1.89. The van der Waals surface area contributed by atoms with Crippen LogP contribution in [0, 0.1) is 0 Å². The maximum absolute atomic E-state index is 13.1. The van der Waals surface area contributed by atoms with Gasteiger partial charge in [0.2, 0.25) is 0 Å². The van der Waals surface area contributed by atoms with Gasteiger partial charge >= 0.3 is 0 Å². The third kappa shape index (κ3) is 5.59. The first kappa shape index (κ1) is 21.8. The van der Waals surface area contributed by atoms with E-state index in [0.29, 0.717) is 16.3 Å². The van der Waals surface area contributed by atoms with E-state index in [1.54, 1.807) is 0 Å². The third-order valence-corrected chi connectivity index (χ3v) is 5.46. The van der Waals surface area contributed by atoms with Gasteiger partial charge in [-0.05, 0) is 40.2 Å². The highest BCUT2D eigenvalue weighted by atomic mass is 35.5. The molecule has 2 heterocycles. The topological polar surface area (TPSA) is 59.4 Å². The minimum atomic E-state index is -0.240. The van der Waals surface area contributed by atoms with E-state index in [-0.39, 0.29) is 17.5 Å². The fourth-order valence-corrected chi connectivity index (χ4v) is 3.54. The van der Waals surface area contributed by atoms with Crippen LogP contribution >= 0.6 is 11.6 Å². The Morgan fingerprint density at radius 3 is 2.62 bits per heavy atom. The Bertz CT molecular complexity index is 838. The lowest BCUT2D eigenvalue weighted by molar-refractivity contribution is 0.0363. The number of ether oxygens (including phenoxy) is 1. The highest BCUT2D eigenvalue weighted by molar-refractivity contribution is 6.33. The van der Waals surface area contributed by atoms with E-state index < -0.39 is 0 Å². The summed E-state index contributed by atoms with van der Waals surface area (Å²) in [5.74, 6) is -0.120. The number of halogens is 1. The van der Waals surface area contributed by atoms with Crippen molar-refractivity contribution in [3.63, 3.8) is 0 Å².